The number of aromatic amines is 1. The highest BCUT2D eigenvalue weighted by atomic mass is 32.2. The maximum atomic E-state index is 11.9. The van der Waals surface area contributed by atoms with Crippen LogP contribution in [0.25, 0.3) is 21.8 Å². The summed E-state index contributed by atoms with van der Waals surface area (Å²) in [6, 6.07) is 14.0. The lowest BCUT2D eigenvalue weighted by Gasteiger charge is -2.34. The Bertz CT molecular complexity index is 1420. The van der Waals surface area contributed by atoms with Gasteiger partial charge in [0, 0.05) is 35.5 Å². The van der Waals surface area contributed by atoms with E-state index in [1.165, 1.54) is 5.56 Å². The summed E-state index contributed by atoms with van der Waals surface area (Å²) in [4.78, 5) is 15.3. The molecule has 0 aliphatic heterocycles. The summed E-state index contributed by atoms with van der Waals surface area (Å²) in [6.45, 7) is 5.94. The van der Waals surface area contributed by atoms with Crippen LogP contribution in [0.3, 0.4) is 0 Å². The first-order valence-electron chi connectivity index (χ1n) is 10.9. The van der Waals surface area contributed by atoms with E-state index in [9.17, 15) is 13.2 Å². The first kappa shape index (κ1) is 22.1. The standard InChI is InChI=1S/C25H29N3O3S/c1-5-13-25(6-2,19-10-11-23-18(15-19)12-14-28(23)17(3)29)21-16-26-24-20(21)8-7-9-22(24)27-32(4,30)31/h7-12,14-16,26-27H,5-6,13H2,1-4H3. The second kappa shape index (κ2) is 8.13. The molecule has 32 heavy (non-hydrogen) atoms. The fraction of sp³-hybridized carbons (Fsp3) is 0.320. The normalized spacial score (nSPS) is 14.0. The summed E-state index contributed by atoms with van der Waals surface area (Å²) in [7, 11) is -3.39. The molecule has 0 bridgehead atoms. The van der Waals surface area contributed by atoms with Gasteiger partial charge in [-0.25, -0.2) is 8.42 Å². The Balaban J connectivity index is 1.93. The van der Waals surface area contributed by atoms with Gasteiger partial charge in [-0.3, -0.25) is 14.1 Å². The molecule has 0 aliphatic rings. The quantitative estimate of drug-likeness (QED) is 0.381. The monoisotopic (exact) mass is 451 g/mol. The Hall–Kier alpha value is -3.06. The minimum Gasteiger partial charge on any atom is -0.359 e. The lowest BCUT2D eigenvalue weighted by Crippen LogP contribution is -2.26. The number of aromatic nitrogens is 2. The maximum Gasteiger partial charge on any atom is 0.229 e. The van der Waals surface area contributed by atoms with Crippen molar-refractivity contribution < 1.29 is 13.2 Å². The van der Waals surface area contributed by atoms with E-state index >= 15 is 0 Å². The molecule has 168 valence electrons. The van der Waals surface area contributed by atoms with Crippen molar-refractivity contribution in [1.29, 1.82) is 0 Å². The molecular weight excluding hydrogens is 422 g/mol. The number of fused-ring (bicyclic) bond motifs is 2. The Kier molecular flexibility index (Phi) is 5.63. The largest absolute Gasteiger partial charge is 0.359 e. The van der Waals surface area contributed by atoms with Crippen molar-refractivity contribution in [2.24, 2.45) is 0 Å². The van der Waals surface area contributed by atoms with E-state index in [1.807, 2.05) is 36.7 Å². The predicted octanol–water partition coefficient (Wildman–Crippen LogP) is 5.65. The van der Waals surface area contributed by atoms with Crippen LogP contribution in [-0.4, -0.2) is 30.1 Å². The van der Waals surface area contributed by atoms with Gasteiger partial charge in [-0.1, -0.05) is 38.5 Å². The molecule has 6 nitrogen and oxygen atoms in total. The first-order chi connectivity index (χ1) is 15.2. The smallest absolute Gasteiger partial charge is 0.229 e. The van der Waals surface area contributed by atoms with Gasteiger partial charge in [-0.2, -0.15) is 0 Å². The fourth-order valence-corrected chi connectivity index (χ4v) is 5.55. The molecule has 0 amide bonds. The van der Waals surface area contributed by atoms with Crippen molar-refractivity contribution >= 4 is 43.4 Å². The number of benzene rings is 2. The molecule has 0 aliphatic carbocycles. The molecule has 2 N–H and O–H groups in total. The van der Waals surface area contributed by atoms with Crippen LogP contribution < -0.4 is 4.72 Å². The third kappa shape index (κ3) is 3.71. The van der Waals surface area contributed by atoms with E-state index in [-0.39, 0.29) is 11.3 Å². The van der Waals surface area contributed by atoms with Gasteiger partial charge in [-0.15, -0.1) is 0 Å². The van der Waals surface area contributed by atoms with E-state index in [2.05, 4.69) is 35.7 Å². The van der Waals surface area contributed by atoms with Crippen LogP contribution >= 0.6 is 0 Å². The lowest BCUT2D eigenvalue weighted by atomic mass is 9.69. The second-order valence-electron chi connectivity index (χ2n) is 8.47. The number of anilines is 1. The van der Waals surface area contributed by atoms with Gasteiger partial charge in [0.2, 0.25) is 15.9 Å². The summed E-state index contributed by atoms with van der Waals surface area (Å²) in [5, 5.41) is 2.04. The summed E-state index contributed by atoms with van der Waals surface area (Å²) < 4.78 is 28.0. The molecule has 1 unspecified atom stereocenters. The van der Waals surface area contributed by atoms with Gasteiger partial charge in [0.05, 0.1) is 23.0 Å². The number of para-hydroxylation sites is 1. The third-order valence-corrected chi connectivity index (χ3v) is 6.98. The highest BCUT2D eigenvalue weighted by molar-refractivity contribution is 7.92. The Morgan fingerprint density at radius 1 is 1.16 bits per heavy atom. The number of nitrogens with zero attached hydrogens (tertiary/aromatic N) is 1. The van der Waals surface area contributed by atoms with Gasteiger partial charge < -0.3 is 4.98 Å². The number of sulfonamides is 1. The molecule has 0 radical (unpaired) electrons. The van der Waals surface area contributed by atoms with Crippen LogP contribution in [0.4, 0.5) is 5.69 Å². The zero-order chi connectivity index (χ0) is 23.1. The Morgan fingerprint density at radius 2 is 1.94 bits per heavy atom. The average molecular weight is 452 g/mol. The minimum atomic E-state index is -3.39. The fourth-order valence-electron chi connectivity index (χ4n) is 4.98. The molecule has 1 atom stereocenters. The van der Waals surface area contributed by atoms with Crippen molar-refractivity contribution in [1.82, 2.24) is 9.55 Å². The number of hydrogen-bond acceptors (Lipinski definition) is 3. The van der Waals surface area contributed by atoms with Crippen molar-refractivity contribution in [3.8, 4) is 0 Å². The van der Waals surface area contributed by atoms with E-state index in [0.29, 0.717) is 5.69 Å². The van der Waals surface area contributed by atoms with Gasteiger partial charge in [-0.05, 0) is 48.2 Å². The summed E-state index contributed by atoms with van der Waals surface area (Å²) in [6.07, 6.45) is 7.82. The molecule has 0 fully saturated rings. The van der Waals surface area contributed by atoms with Crippen LogP contribution in [0, 0.1) is 0 Å². The number of hydrogen-bond donors (Lipinski definition) is 2. The molecule has 2 aromatic heterocycles. The highest BCUT2D eigenvalue weighted by Gasteiger charge is 2.34. The third-order valence-electron chi connectivity index (χ3n) is 6.39. The Morgan fingerprint density at radius 3 is 2.59 bits per heavy atom. The number of nitrogens with one attached hydrogen (secondary N) is 2. The molecule has 7 heteroatoms. The molecule has 2 aromatic carbocycles. The SMILES string of the molecule is CCCC(CC)(c1ccc2c(ccn2C(C)=O)c1)c1c[nH]c2c(NS(C)(=O)=O)cccc12. The molecule has 0 spiro atoms. The average Bonchev–Trinajstić information content (AvgIpc) is 3.36. The van der Waals surface area contributed by atoms with Gasteiger partial charge in [0.15, 0.2) is 0 Å². The van der Waals surface area contributed by atoms with Crippen LogP contribution in [0.15, 0.2) is 54.9 Å². The van der Waals surface area contributed by atoms with E-state index < -0.39 is 10.0 Å². The van der Waals surface area contributed by atoms with Crippen molar-refractivity contribution in [2.45, 2.75) is 45.4 Å². The zero-order valence-corrected chi connectivity index (χ0v) is 19.7. The van der Waals surface area contributed by atoms with Crippen LogP contribution in [-0.2, 0) is 15.4 Å². The van der Waals surface area contributed by atoms with Crippen LogP contribution in [0.1, 0.15) is 56.0 Å². The van der Waals surface area contributed by atoms with Gasteiger partial charge in [0.1, 0.15) is 0 Å². The molecular formula is C25H29N3O3S. The minimum absolute atomic E-state index is 0.00871. The van der Waals surface area contributed by atoms with Crippen LogP contribution in [0.2, 0.25) is 0 Å². The highest BCUT2D eigenvalue weighted by Crippen LogP contribution is 2.44. The molecule has 0 saturated heterocycles. The zero-order valence-electron chi connectivity index (χ0n) is 18.9. The molecule has 4 aromatic rings. The molecule has 2 heterocycles. The van der Waals surface area contributed by atoms with Crippen molar-refractivity contribution in [3.63, 3.8) is 0 Å². The maximum absolute atomic E-state index is 11.9. The number of rotatable bonds is 7. The first-order valence-corrected chi connectivity index (χ1v) is 12.8. The van der Waals surface area contributed by atoms with E-state index in [0.717, 1.165) is 52.9 Å². The summed E-state index contributed by atoms with van der Waals surface area (Å²) >= 11 is 0. The van der Waals surface area contributed by atoms with Gasteiger partial charge in [0.25, 0.3) is 0 Å². The predicted molar refractivity (Wildman–Crippen MR) is 131 cm³/mol. The summed E-state index contributed by atoms with van der Waals surface area (Å²) in [5.74, 6) is -0.00871. The molecule has 0 saturated carbocycles. The van der Waals surface area contributed by atoms with E-state index in [4.69, 9.17) is 0 Å². The van der Waals surface area contributed by atoms with Crippen LogP contribution in [0.5, 0.6) is 0 Å². The van der Waals surface area contributed by atoms with Gasteiger partial charge >= 0.3 is 0 Å². The molecule has 4 rings (SSSR count). The van der Waals surface area contributed by atoms with Crippen molar-refractivity contribution in [3.05, 3.63) is 66.0 Å². The second-order valence-corrected chi connectivity index (χ2v) is 10.2. The number of carbonyl (C=O) groups is 1. The topological polar surface area (TPSA) is 84.0 Å². The number of H-pyrrole nitrogens is 1. The lowest BCUT2D eigenvalue weighted by molar-refractivity contribution is 0.0941. The van der Waals surface area contributed by atoms with E-state index in [1.54, 1.807) is 17.6 Å². The Labute approximate surface area is 188 Å². The van der Waals surface area contributed by atoms with Crippen molar-refractivity contribution in [2.75, 3.05) is 11.0 Å². The summed E-state index contributed by atoms with van der Waals surface area (Å²) in [5.41, 5.74) is 4.33. The number of carbonyl (C=O) groups excluding carboxylic acids is 1.